The molecule has 0 radical (unpaired) electrons. The second-order valence-electron chi connectivity index (χ2n) is 4.84. The second-order valence-corrected chi connectivity index (χ2v) is 6.97. The van der Waals surface area contributed by atoms with Gasteiger partial charge in [-0.15, -0.1) is 0 Å². The van der Waals surface area contributed by atoms with Crippen molar-refractivity contribution < 1.29 is 8.42 Å². The van der Waals surface area contributed by atoms with Crippen molar-refractivity contribution in [1.29, 1.82) is 0 Å². The molecule has 0 amide bonds. The van der Waals surface area contributed by atoms with Crippen molar-refractivity contribution in [2.24, 2.45) is 11.7 Å². The number of hydrogen-bond donors (Lipinski definition) is 2. The molecule has 0 bridgehead atoms. The van der Waals surface area contributed by atoms with Crippen LogP contribution in [0.2, 0.25) is 0 Å². The van der Waals surface area contributed by atoms with Crippen LogP contribution in [0.4, 0.5) is 0 Å². The summed E-state index contributed by atoms with van der Waals surface area (Å²) in [6, 6.07) is 0.0511. The molecule has 3 N–H and O–H groups in total. The number of piperidine rings is 1. The summed E-state index contributed by atoms with van der Waals surface area (Å²) in [7, 11) is -1.19. The number of rotatable bonds is 4. The summed E-state index contributed by atoms with van der Waals surface area (Å²) >= 11 is 0. The van der Waals surface area contributed by atoms with Gasteiger partial charge in [0.25, 0.3) is 0 Å². The van der Waals surface area contributed by atoms with E-state index in [0.717, 1.165) is 19.5 Å². The van der Waals surface area contributed by atoms with Crippen LogP contribution in [-0.2, 0) is 10.0 Å². The van der Waals surface area contributed by atoms with Gasteiger partial charge in [0.05, 0.1) is 5.25 Å². The summed E-state index contributed by atoms with van der Waals surface area (Å²) in [5, 5.41) is -0.514. The largest absolute Gasteiger partial charge is 0.329 e. The van der Waals surface area contributed by atoms with Crippen molar-refractivity contribution in [2.45, 2.75) is 31.6 Å². The van der Waals surface area contributed by atoms with Crippen LogP contribution in [0.15, 0.2) is 0 Å². The molecule has 0 aromatic heterocycles. The maximum atomic E-state index is 11.9. The first-order valence-corrected chi connectivity index (χ1v) is 7.31. The minimum atomic E-state index is -3.25. The van der Waals surface area contributed by atoms with E-state index in [1.54, 1.807) is 6.92 Å². The summed E-state index contributed by atoms with van der Waals surface area (Å²) in [6.45, 7) is 5.76. The highest BCUT2D eigenvalue weighted by molar-refractivity contribution is 7.90. The van der Waals surface area contributed by atoms with E-state index in [4.69, 9.17) is 5.73 Å². The molecular weight excluding hydrogens is 226 g/mol. The average molecular weight is 249 g/mol. The Kier molecular flexibility index (Phi) is 4.73. The minimum absolute atomic E-state index is 0.0511. The van der Waals surface area contributed by atoms with Crippen LogP contribution in [-0.4, -0.2) is 51.3 Å². The zero-order chi connectivity index (χ0) is 12.3. The molecule has 0 aromatic rings. The Morgan fingerprint density at radius 1 is 1.56 bits per heavy atom. The molecule has 1 heterocycles. The van der Waals surface area contributed by atoms with Crippen molar-refractivity contribution in [1.82, 2.24) is 9.62 Å². The Balaban J connectivity index is 2.60. The number of nitrogens with zero attached hydrogens (tertiary/aromatic N) is 1. The first-order valence-electron chi connectivity index (χ1n) is 5.76. The first kappa shape index (κ1) is 13.9. The molecule has 16 heavy (non-hydrogen) atoms. The molecule has 5 nitrogen and oxygen atoms in total. The van der Waals surface area contributed by atoms with E-state index in [0.29, 0.717) is 5.92 Å². The van der Waals surface area contributed by atoms with E-state index in [9.17, 15) is 8.42 Å². The quantitative estimate of drug-likeness (QED) is 0.710. The lowest BCUT2D eigenvalue weighted by Gasteiger charge is -2.35. The topological polar surface area (TPSA) is 75.4 Å². The third kappa shape index (κ3) is 3.41. The van der Waals surface area contributed by atoms with Gasteiger partial charge in [-0.3, -0.25) is 0 Å². The molecule has 6 heteroatoms. The number of nitrogens with one attached hydrogen (secondary N) is 1. The standard InChI is InChI=1S/C10H23N3O2S/c1-8-7-13(3)5-4-10(8)12-16(14,15)9(2)6-11/h8-10,12H,4-7,11H2,1-3H3. The van der Waals surface area contributed by atoms with Crippen LogP contribution >= 0.6 is 0 Å². The summed E-state index contributed by atoms with van der Waals surface area (Å²) < 4.78 is 26.5. The van der Waals surface area contributed by atoms with Gasteiger partial charge in [0.1, 0.15) is 0 Å². The third-order valence-electron chi connectivity index (χ3n) is 3.29. The minimum Gasteiger partial charge on any atom is -0.329 e. The molecule has 1 aliphatic rings. The summed E-state index contributed by atoms with van der Waals surface area (Å²) in [4.78, 5) is 2.22. The molecule has 0 saturated carbocycles. The van der Waals surface area contributed by atoms with Crippen LogP contribution in [0.3, 0.4) is 0 Å². The Morgan fingerprint density at radius 3 is 2.69 bits per heavy atom. The van der Waals surface area contributed by atoms with Crippen LogP contribution in [0, 0.1) is 5.92 Å². The van der Waals surface area contributed by atoms with Crippen molar-refractivity contribution in [3.8, 4) is 0 Å². The molecule has 0 aromatic carbocycles. The van der Waals surface area contributed by atoms with Gasteiger partial charge in [0.15, 0.2) is 0 Å². The second kappa shape index (κ2) is 5.44. The average Bonchev–Trinajstić information content (AvgIpc) is 2.21. The van der Waals surface area contributed by atoms with Gasteiger partial charge in [-0.25, -0.2) is 13.1 Å². The lowest BCUT2D eigenvalue weighted by Crippen LogP contribution is -2.51. The monoisotopic (exact) mass is 249 g/mol. The van der Waals surface area contributed by atoms with Crippen LogP contribution in [0.5, 0.6) is 0 Å². The van der Waals surface area contributed by atoms with E-state index in [-0.39, 0.29) is 12.6 Å². The molecular formula is C10H23N3O2S. The predicted octanol–water partition coefficient (Wildman–Crippen LogP) is -0.407. The van der Waals surface area contributed by atoms with Crippen molar-refractivity contribution in [3.63, 3.8) is 0 Å². The van der Waals surface area contributed by atoms with E-state index in [1.165, 1.54) is 0 Å². The smallest absolute Gasteiger partial charge is 0.215 e. The lowest BCUT2D eigenvalue weighted by molar-refractivity contribution is 0.188. The molecule has 1 saturated heterocycles. The molecule has 1 aliphatic heterocycles. The maximum Gasteiger partial charge on any atom is 0.215 e. The highest BCUT2D eigenvalue weighted by Crippen LogP contribution is 2.16. The first-order chi connectivity index (χ1) is 7.36. The van der Waals surface area contributed by atoms with E-state index in [2.05, 4.69) is 23.6 Å². The van der Waals surface area contributed by atoms with Crippen molar-refractivity contribution in [2.75, 3.05) is 26.7 Å². The highest BCUT2D eigenvalue weighted by Gasteiger charge is 2.29. The predicted molar refractivity (Wildman–Crippen MR) is 65.6 cm³/mol. The highest BCUT2D eigenvalue weighted by atomic mass is 32.2. The van der Waals surface area contributed by atoms with Crippen LogP contribution in [0.1, 0.15) is 20.3 Å². The molecule has 3 unspecified atom stereocenters. The number of hydrogen-bond acceptors (Lipinski definition) is 4. The molecule has 96 valence electrons. The number of likely N-dealkylation sites (tertiary alicyclic amines) is 1. The van der Waals surface area contributed by atoms with E-state index in [1.807, 2.05) is 0 Å². The van der Waals surface area contributed by atoms with E-state index < -0.39 is 15.3 Å². The van der Waals surface area contributed by atoms with Gasteiger partial charge in [-0.2, -0.15) is 0 Å². The Morgan fingerprint density at radius 2 is 2.19 bits per heavy atom. The fraction of sp³-hybridized carbons (Fsp3) is 1.00. The van der Waals surface area contributed by atoms with Crippen molar-refractivity contribution >= 4 is 10.0 Å². The van der Waals surface area contributed by atoms with Crippen molar-refractivity contribution in [3.05, 3.63) is 0 Å². The summed E-state index contributed by atoms with van der Waals surface area (Å²) in [5.41, 5.74) is 5.39. The fourth-order valence-electron chi connectivity index (χ4n) is 1.98. The zero-order valence-electron chi connectivity index (χ0n) is 10.3. The Hall–Kier alpha value is -0.170. The number of nitrogens with two attached hydrogens (primary N) is 1. The zero-order valence-corrected chi connectivity index (χ0v) is 11.1. The molecule has 3 atom stereocenters. The number of sulfonamides is 1. The summed E-state index contributed by atoms with van der Waals surface area (Å²) in [6.07, 6.45) is 0.869. The Labute approximate surface area is 98.4 Å². The maximum absolute atomic E-state index is 11.9. The van der Waals surface area contributed by atoms with Gasteiger partial charge in [0, 0.05) is 19.1 Å². The van der Waals surface area contributed by atoms with Gasteiger partial charge in [-0.05, 0) is 32.9 Å². The SMILES string of the molecule is CC1CN(C)CCC1NS(=O)(=O)C(C)CN. The van der Waals surface area contributed by atoms with Crippen LogP contribution in [0.25, 0.3) is 0 Å². The fourth-order valence-corrected chi connectivity index (χ4v) is 3.24. The third-order valence-corrected chi connectivity index (χ3v) is 5.17. The molecule has 0 spiro atoms. The van der Waals surface area contributed by atoms with Gasteiger partial charge in [-0.1, -0.05) is 6.92 Å². The Bertz CT molecular complexity index is 318. The normalized spacial score (nSPS) is 30.2. The lowest BCUT2D eigenvalue weighted by atomic mass is 9.95. The molecule has 1 fully saturated rings. The molecule has 1 rings (SSSR count). The van der Waals surface area contributed by atoms with Crippen LogP contribution < -0.4 is 10.5 Å². The van der Waals surface area contributed by atoms with Gasteiger partial charge < -0.3 is 10.6 Å². The summed E-state index contributed by atoms with van der Waals surface area (Å²) in [5.74, 6) is 0.346. The van der Waals surface area contributed by atoms with E-state index >= 15 is 0 Å². The van der Waals surface area contributed by atoms with Gasteiger partial charge >= 0.3 is 0 Å². The molecule has 0 aliphatic carbocycles. The van der Waals surface area contributed by atoms with Gasteiger partial charge in [0.2, 0.25) is 10.0 Å².